The van der Waals surface area contributed by atoms with Gasteiger partial charge in [-0.3, -0.25) is 4.57 Å². The number of hydrogen-bond donors (Lipinski definition) is 0. The van der Waals surface area contributed by atoms with Gasteiger partial charge in [-0.15, -0.1) is 0 Å². The summed E-state index contributed by atoms with van der Waals surface area (Å²) in [5, 5.41) is 4.75. The minimum absolute atomic E-state index is 0.00925. The Balaban J connectivity index is 1.78. The largest absolute Gasteiger partial charge is 0.497 e. The molecule has 1 atom stereocenters. The summed E-state index contributed by atoms with van der Waals surface area (Å²) >= 11 is 1.59. The fourth-order valence-electron chi connectivity index (χ4n) is 2.75. The SMILES string of the molecule is COc1ccc(-n2c(SC(C)c3nc(C)no3)nc3ccccc32)cc1. The number of methoxy groups -OCH3 is 1. The van der Waals surface area contributed by atoms with Gasteiger partial charge in [0.05, 0.1) is 23.4 Å². The molecule has 1 unspecified atom stereocenters. The van der Waals surface area contributed by atoms with E-state index < -0.39 is 0 Å². The van der Waals surface area contributed by atoms with Gasteiger partial charge in [-0.05, 0) is 50.2 Å². The van der Waals surface area contributed by atoms with Gasteiger partial charge in [0, 0.05) is 5.69 Å². The van der Waals surface area contributed by atoms with Gasteiger partial charge in [-0.2, -0.15) is 4.98 Å². The summed E-state index contributed by atoms with van der Waals surface area (Å²) < 4.78 is 12.7. The number of imidazole rings is 1. The van der Waals surface area contributed by atoms with Crippen LogP contribution >= 0.6 is 11.8 Å². The zero-order valence-electron chi connectivity index (χ0n) is 14.7. The van der Waals surface area contributed by atoms with Crippen molar-refractivity contribution >= 4 is 22.8 Å². The van der Waals surface area contributed by atoms with Gasteiger partial charge in [-0.25, -0.2) is 4.98 Å². The third kappa shape index (κ3) is 3.06. The van der Waals surface area contributed by atoms with Crippen molar-refractivity contribution in [3.8, 4) is 11.4 Å². The van der Waals surface area contributed by atoms with Crippen molar-refractivity contribution in [2.45, 2.75) is 24.3 Å². The molecule has 0 saturated carbocycles. The van der Waals surface area contributed by atoms with Crippen LogP contribution in [0.4, 0.5) is 0 Å². The fourth-order valence-corrected chi connectivity index (χ4v) is 3.72. The van der Waals surface area contributed by atoms with Gasteiger partial charge >= 0.3 is 0 Å². The number of ether oxygens (including phenoxy) is 1. The predicted octanol–water partition coefficient (Wildman–Crippen LogP) is 4.58. The standard InChI is InChI=1S/C19H18N4O2S/c1-12(18-20-13(2)22-25-18)26-19-21-16-6-4-5-7-17(16)23(19)14-8-10-15(24-3)11-9-14/h4-12H,1-3H3. The lowest BCUT2D eigenvalue weighted by Crippen LogP contribution is -1.98. The van der Waals surface area contributed by atoms with Crippen LogP contribution in [0.25, 0.3) is 16.7 Å². The molecular weight excluding hydrogens is 348 g/mol. The number of thioether (sulfide) groups is 1. The lowest BCUT2D eigenvalue weighted by Gasteiger charge is -2.11. The molecule has 0 fully saturated rings. The van der Waals surface area contributed by atoms with Crippen molar-refractivity contribution in [3.05, 3.63) is 60.2 Å². The third-order valence-electron chi connectivity index (χ3n) is 4.03. The zero-order valence-corrected chi connectivity index (χ0v) is 15.5. The summed E-state index contributed by atoms with van der Waals surface area (Å²) in [6.45, 7) is 3.85. The van der Waals surface area contributed by atoms with E-state index in [1.807, 2.05) is 56.3 Å². The highest BCUT2D eigenvalue weighted by molar-refractivity contribution is 7.99. The van der Waals surface area contributed by atoms with E-state index in [0.29, 0.717) is 11.7 Å². The van der Waals surface area contributed by atoms with E-state index in [9.17, 15) is 0 Å². The Bertz CT molecular complexity index is 1040. The molecule has 132 valence electrons. The van der Waals surface area contributed by atoms with Crippen LogP contribution in [0.2, 0.25) is 0 Å². The first kappa shape index (κ1) is 16.7. The molecular formula is C19H18N4O2S. The molecule has 0 aliphatic heterocycles. The van der Waals surface area contributed by atoms with E-state index in [-0.39, 0.29) is 5.25 Å². The van der Waals surface area contributed by atoms with Gasteiger partial charge in [0.15, 0.2) is 11.0 Å². The molecule has 0 radical (unpaired) electrons. The van der Waals surface area contributed by atoms with Gasteiger partial charge in [0.1, 0.15) is 5.75 Å². The van der Waals surface area contributed by atoms with Crippen molar-refractivity contribution in [1.29, 1.82) is 0 Å². The Hall–Kier alpha value is -2.80. The van der Waals surface area contributed by atoms with Crippen LogP contribution in [-0.4, -0.2) is 26.8 Å². The average molecular weight is 366 g/mol. The second kappa shape index (κ2) is 6.84. The molecule has 0 aliphatic carbocycles. The van der Waals surface area contributed by atoms with Crippen LogP contribution in [0.5, 0.6) is 5.75 Å². The first-order valence-electron chi connectivity index (χ1n) is 8.24. The van der Waals surface area contributed by atoms with Crippen molar-refractivity contribution < 1.29 is 9.26 Å². The number of rotatable bonds is 5. The molecule has 4 aromatic rings. The molecule has 26 heavy (non-hydrogen) atoms. The molecule has 0 amide bonds. The van der Waals surface area contributed by atoms with Crippen molar-refractivity contribution in [3.63, 3.8) is 0 Å². The topological polar surface area (TPSA) is 66.0 Å². The van der Waals surface area contributed by atoms with Crippen LogP contribution < -0.4 is 4.74 Å². The van der Waals surface area contributed by atoms with E-state index in [0.717, 1.165) is 27.6 Å². The summed E-state index contributed by atoms with van der Waals surface area (Å²) in [6.07, 6.45) is 0. The Morgan fingerprint density at radius 1 is 1.08 bits per heavy atom. The lowest BCUT2D eigenvalue weighted by atomic mass is 10.2. The number of benzene rings is 2. The molecule has 0 spiro atoms. The molecule has 2 aromatic heterocycles. The zero-order chi connectivity index (χ0) is 18.1. The summed E-state index contributed by atoms with van der Waals surface area (Å²) in [5.74, 6) is 2.05. The summed E-state index contributed by atoms with van der Waals surface area (Å²) in [4.78, 5) is 9.14. The smallest absolute Gasteiger partial charge is 0.239 e. The Kier molecular flexibility index (Phi) is 4.38. The number of aromatic nitrogens is 4. The van der Waals surface area contributed by atoms with Crippen LogP contribution in [0.1, 0.15) is 23.9 Å². The molecule has 0 N–H and O–H groups in total. The quantitative estimate of drug-likeness (QED) is 0.482. The van der Waals surface area contributed by atoms with Gasteiger partial charge in [-0.1, -0.05) is 29.1 Å². The van der Waals surface area contributed by atoms with E-state index in [1.54, 1.807) is 18.9 Å². The molecule has 0 aliphatic rings. The van der Waals surface area contributed by atoms with Gasteiger partial charge < -0.3 is 9.26 Å². The molecule has 0 bridgehead atoms. The highest BCUT2D eigenvalue weighted by Crippen LogP contribution is 2.37. The van der Waals surface area contributed by atoms with E-state index in [1.165, 1.54) is 0 Å². The first-order valence-corrected chi connectivity index (χ1v) is 9.12. The molecule has 2 aromatic carbocycles. The summed E-state index contributed by atoms with van der Waals surface area (Å²) in [7, 11) is 1.66. The second-order valence-electron chi connectivity index (χ2n) is 5.86. The van der Waals surface area contributed by atoms with Crippen molar-refractivity contribution in [1.82, 2.24) is 19.7 Å². The van der Waals surface area contributed by atoms with Crippen molar-refractivity contribution in [2.75, 3.05) is 7.11 Å². The Labute approximate surface area is 155 Å². The summed E-state index contributed by atoms with van der Waals surface area (Å²) in [6, 6.07) is 16.0. The number of para-hydroxylation sites is 2. The maximum Gasteiger partial charge on any atom is 0.239 e. The maximum absolute atomic E-state index is 5.31. The fraction of sp³-hybridized carbons (Fsp3) is 0.211. The minimum Gasteiger partial charge on any atom is -0.497 e. The van der Waals surface area contributed by atoms with Crippen LogP contribution in [0.15, 0.2) is 58.2 Å². The van der Waals surface area contributed by atoms with Gasteiger partial charge in [0.2, 0.25) is 5.89 Å². The highest BCUT2D eigenvalue weighted by Gasteiger charge is 2.20. The highest BCUT2D eigenvalue weighted by atomic mass is 32.2. The second-order valence-corrected chi connectivity index (χ2v) is 7.16. The Morgan fingerprint density at radius 3 is 2.54 bits per heavy atom. The molecule has 0 saturated heterocycles. The predicted molar refractivity (Wildman–Crippen MR) is 101 cm³/mol. The molecule has 6 nitrogen and oxygen atoms in total. The normalized spacial score (nSPS) is 12.4. The lowest BCUT2D eigenvalue weighted by molar-refractivity contribution is 0.376. The van der Waals surface area contributed by atoms with Crippen LogP contribution in [0, 0.1) is 6.92 Å². The maximum atomic E-state index is 5.31. The molecule has 7 heteroatoms. The van der Waals surface area contributed by atoms with E-state index >= 15 is 0 Å². The number of hydrogen-bond acceptors (Lipinski definition) is 6. The minimum atomic E-state index is -0.00925. The van der Waals surface area contributed by atoms with Crippen molar-refractivity contribution in [2.24, 2.45) is 0 Å². The third-order valence-corrected chi connectivity index (χ3v) is 5.07. The number of aryl methyl sites for hydroxylation is 1. The average Bonchev–Trinajstić information content (AvgIpc) is 3.25. The summed E-state index contributed by atoms with van der Waals surface area (Å²) in [5.41, 5.74) is 3.02. The molecule has 4 rings (SSSR count). The van der Waals surface area contributed by atoms with Crippen LogP contribution in [-0.2, 0) is 0 Å². The van der Waals surface area contributed by atoms with E-state index in [4.69, 9.17) is 14.2 Å². The van der Waals surface area contributed by atoms with E-state index in [2.05, 4.69) is 20.8 Å². The first-order chi connectivity index (χ1) is 12.7. The van der Waals surface area contributed by atoms with Gasteiger partial charge in [0.25, 0.3) is 0 Å². The van der Waals surface area contributed by atoms with Crippen LogP contribution in [0.3, 0.4) is 0 Å². The number of nitrogens with zero attached hydrogens (tertiary/aromatic N) is 4. The molecule has 2 heterocycles. The Morgan fingerprint density at radius 2 is 1.85 bits per heavy atom. The monoisotopic (exact) mass is 366 g/mol. The number of fused-ring (bicyclic) bond motifs is 1.